The predicted octanol–water partition coefficient (Wildman–Crippen LogP) is 6.23. The number of rotatable bonds is 8. The Morgan fingerprint density at radius 3 is 2.06 bits per heavy atom. The number of para-hydroxylation sites is 1. The summed E-state index contributed by atoms with van der Waals surface area (Å²) in [7, 11) is 0. The van der Waals surface area contributed by atoms with E-state index in [1.54, 1.807) is 18.2 Å². The van der Waals surface area contributed by atoms with E-state index < -0.39 is 17.6 Å². The molecule has 0 aromatic heterocycles. The molecule has 5 nitrogen and oxygen atoms in total. The van der Waals surface area contributed by atoms with Gasteiger partial charge in [-0.2, -0.15) is 0 Å². The molecule has 0 unspecified atom stereocenters. The monoisotopic (exact) mass is 460 g/mol. The highest BCUT2D eigenvalue weighted by Crippen LogP contribution is 2.37. The van der Waals surface area contributed by atoms with Crippen molar-refractivity contribution in [3.8, 4) is 5.75 Å². The van der Waals surface area contributed by atoms with Crippen molar-refractivity contribution in [1.82, 2.24) is 0 Å². The minimum atomic E-state index is -0.944. The Kier molecular flexibility index (Phi) is 7.03. The molecule has 0 atom stereocenters. The van der Waals surface area contributed by atoms with Crippen LogP contribution in [0.4, 0.5) is 25.8 Å². The minimum Gasteiger partial charge on any atom is -0.487 e. The van der Waals surface area contributed by atoms with Gasteiger partial charge in [0.1, 0.15) is 30.5 Å². The second-order valence-corrected chi connectivity index (χ2v) is 7.47. The standard InChI is InChI=1S/C27H22F2N2O3/c28-21-13-7-8-14-22(21)31-26-20(27(32)34-17-19-11-5-2-6-12-19)15-23(25(30)24(26)29)33-16-18-9-3-1-4-10-18/h1-15,31H,16-17,30H2. The Balaban J connectivity index is 1.67. The number of carbonyl (C=O) groups excluding carboxylic acids is 1. The zero-order valence-corrected chi connectivity index (χ0v) is 18.1. The van der Waals surface area contributed by atoms with Crippen LogP contribution in [-0.2, 0) is 18.0 Å². The van der Waals surface area contributed by atoms with Gasteiger partial charge in [0.05, 0.1) is 16.9 Å². The lowest BCUT2D eigenvalue weighted by molar-refractivity contribution is 0.0473. The number of anilines is 3. The van der Waals surface area contributed by atoms with Crippen LogP contribution in [0.3, 0.4) is 0 Å². The van der Waals surface area contributed by atoms with Gasteiger partial charge in [-0.25, -0.2) is 13.6 Å². The number of hydrogen-bond donors (Lipinski definition) is 2. The summed E-state index contributed by atoms with van der Waals surface area (Å²) in [5, 5.41) is 2.64. The van der Waals surface area contributed by atoms with E-state index in [9.17, 15) is 9.18 Å². The van der Waals surface area contributed by atoms with E-state index in [1.807, 2.05) is 48.5 Å². The number of nitrogens with one attached hydrogen (secondary N) is 1. The van der Waals surface area contributed by atoms with Crippen LogP contribution in [-0.4, -0.2) is 5.97 Å². The van der Waals surface area contributed by atoms with Gasteiger partial charge in [0.2, 0.25) is 0 Å². The minimum absolute atomic E-state index is 0.0177. The first kappa shape index (κ1) is 22.8. The summed E-state index contributed by atoms with van der Waals surface area (Å²) in [6.07, 6.45) is 0. The number of ether oxygens (including phenoxy) is 2. The number of hydrogen-bond acceptors (Lipinski definition) is 5. The lowest BCUT2D eigenvalue weighted by Gasteiger charge is -2.18. The Labute approximate surface area is 195 Å². The highest BCUT2D eigenvalue weighted by atomic mass is 19.1. The second-order valence-electron chi connectivity index (χ2n) is 7.47. The topological polar surface area (TPSA) is 73.6 Å². The third-order valence-electron chi connectivity index (χ3n) is 5.07. The fourth-order valence-electron chi connectivity index (χ4n) is 3.28. The molecule has 0 radical (unpaired) electrons. The molecular formula is C27H22F2N2O3. The molecule has 0 saturated heterocycles. The molecule has 4 aromatic carbocycles. The molecule has 0 bridgehead atoms. The average molecular weight is 460 g/mol. The SMILES string of the molecule is Nc1c(OCc2ccccc2)cc(C(=O)OCc2ccccc2)c(Nc2ccccc2F)c1F. The number of benzene rings is 4. The summed E-state index contributed by atoms with van der Waals surface area (Å²) in [5.41, 5.74) is 6.79. The normalized spacial score (nSPS) is 10.5. The first-order valence-corrected chi connectivity index (χ1v) is 10.5. The lowest BCUT2D eigenvalue weighted by Crippen LogP contribution is -2.13. The molecule has 0 fully saturated rings. The molecule has 34 heavy (non-hydrogen) atoms. The van der Waals surface area contributed by atoms with Crippen molar-refractivity contribution in [2.45, 2.75) is 13.2 Å². The van der Waals surface area contributed by atoms with Crippen molar-refractivity contribution < 1.29 is 23.0 Å². The van der Waals surface area contributed by atoms with E-state index in [0.29, 0.717) is 0 Å². The Hall–Kier alpha value is -4.39. The van der Waals surface area contributed by atoms with Crippen molar-refractivity contribution in [3.63, 3.8) is 0 Å². The predicted molar refractivity (Wildman–Crippen MR) is 127 cm³/mol. The fourth-order valence-corrected chi connectivity index (χ4v) is 3.28. The molecule has 4 aromatic rings. The van der Waals surface area contributed by atoms with Crippen molar-refractivity contribution in [3.05, 3.63) is 119 Å². The molecular weight excluding hydrogens is 438 g/mol. The summed E-state index contributed by atoms with van der Waals surface area (Å²) in [6.45, 7) is 0.0914. The number of nitrogens with two attached hydrogens (primary N) is 1. The number of nitrogen functional groups attached to an aromatic ring is 1. The second kappa shape index (κ2) is 10.5. The molecule has 0 amide bonds. The zero-order valence-electron chi connectivity index (χ0n) is 18.1. The van der Waals surface area contributed by atoms with Crippen LogP contribution in [0.5, 0.6) is 5.75 Å². The van der Waals surface area contributed by atoms with E-state index in [4.69, 9.17) is 15.2 Å². The summed E-state index contributed by atoms with van der Waals surface area (Å²) in [4.78, 5) is 13.0. The summed E-state index contributed by atoms with van der Waals surface area (Å²) in [6, 6.07) is 25.3. The third-order valence-corrected chi connectivity index (χ3v) is 5.07. The zero-order chi connectivity index (χ0) is 23.9. The first-order chi connectivity index (χ1) is 16.5. The van der Waals surface area contributed by atoms with Gasteiger partial charge in [0.25, 0.3) is 0 Å². The van der Waals surface area contributed by atoms with E-state index in [0.717, 1.165) is 11.1 Å². The first-order valence-electron chi connectivity index (χ1n) is 10.5. The van der Waals surface area contributed by atoms with Crippen LogP contribution in [0.2, 0.25) is 0 Å². The van der Waals surface area contributed by atoms with Crippen LogP contribution in [0, 0.1) is 11.6 Å². The smallest absolute Gasteiger partial charge is 0.340 e. The van der Waals surface area contributed by atoms with Crippen molar-refractivity contribution in [2.75, 3.05) is 11.1 Å². The molecule has 0 spiro atoms. The van der Waals surface area contributed by atoms with Crippen LogP contribution >= 0.6 is 0 Å². The van der Waals surface area contributed by atoms with Crippen molar-refractivity contribution in [2.24, 2.45) is 0 Å². The summed E-state index contributed by atoms with van der Waals surface area (Å²) in [5.74, 6) is -2.40. The molecule has 0 saturated carbocycles. The van der Waals surface area contributed by atoms with Crippen molar-refractivity contribution >= 4 is 23.0 Å². The van der Waals surface area contributed by atoms with Crippen molar-refractivity contribution in [1.29, 1.82) is 0 Å². The molecule has 3 N–H and O–H groups in total. The summed E-state index contributed by atoms with van der Waals surface area (Å²) < 4.78 is 40.7. The number of carbonyl (C=O) groups is 1. The maximum absolute atomic E-state index is 15.4. The molecule has 4 rings (SSSR count). The molecule has 0 aliphatic rings. The third kappa shape index (κ3) is 5.32. The molecule has 0 aliphatic heterocycles. The van der Waals surface area contributed by atoms with E-state index in [-0.39, 0.29) is 41.6 Å². The van der Waals surface area contributed by atoms with Crippen LogP contribution in [0.25, 0.3) is 0 Å². The molecule has 7 heteroatoms. The molecule has 0 aliphatic carbocycles. The fraction of sp³-hybridized carbons (Fsp3) is 0.0741. The van der Waals surface area contributed by atoms with Gasteiger partial charge < -0.3 is 20.5 Å². The maximum Gasteiger partial charge on any atom is 0.340 e. The Bertz CT molecular complexity index is 1280. The average Bonchev–Trinajstić information content (AvgIpc) is 2.87. The Morgan fingerprint density at radius 2 is 1.41 bits per heavy atom. The highest BCUT2D eigenvalue weighted by molar-refractivity contribution is 5.98. The van der Waals surface area contributed by atoms with Gasteiger partial charge in [-0.1, -0.05) is 72.8 Å². The van der Waals surface area contributed by atoms with Gasteiger partial charge in [-0.05, 0) is 29.3 Å². The van der Waals surface area contributed by atoms with Crippen LogP contribution < -0.4 is 15.8 Å². The van der Waals surface area contributed by atoms with E-state index >= 15 is 4.39 Å². The van der Waals surface area contributed by atoms with Crippen LogP contribution in [0.1, 0.15) is 21.5 Å². The highest BCUT2D eigenvalue weighted by Gasteiger charge is 2.24. The largest absolute Gasteiger partial charge is 0.487 e. The van der Waals surface area contributed by atoms with E-state index in [2.05, 4.69) is 5.32 Å². The Morgan fingerprint density at radius 1 is 0.824 bits per heavy atom. The van der Waals surface area contributed by atoms with Gasteiger partial charge in [-0.3, -0.25) is 0 Å². The number of esters is 1. The maximum atomic E-state index is 15.4. The quantitative estimate of drug-likeness (QED) is 0.241. The van der Waals surface area contributed by atoms with Gasteiger partial charge in [0.15, 0.2) is 5.82 Å². The van der Waals surface area contributed by atoms with Gasteiger partial charge >= 0.3 is 5.97 Å². The van der Waals surface area contributed by atoms with Gasteiger partial charge in [0, 0.05) is 0 Å². The molecule has 172 valence electrons. The van der Waals surface area contributed by atoms with E-state index in [1.165, 1.54) is 24.3 Å². The van der Waals surface area contributed by atoms with Gasteiger partial charge in [-0.15, -0.1) is 0 Å². The lowest BCUT2D eigenvalue weighted by atomic mass is 10.1. The van der Waals surface area contributed by atoms with Crippen LogP contribution in [0.15, 0.2) is 91.0 Å². The number of halogens is 2. The molecule has 0 heterocycles. The summed E-state index contributed by atoms with van der Waals surface area (Å²) >= 11 is 0.